The molecule has 0 spiro atoms. The van der Waals surface area contributed by atoms with Crippen LogP contribution in [0, 0.1) is 5.92 Å². The highest BCUT2D eigenvalue weighted by Crippen LogP contribution is 2.25. The van der Waals surface area contributed by atoms with Gasteiger partial charge < -0.3 is 15.0 Å². The van der Waals surface area contributed by atoms with Gasteiger partial charge >= 0.3 is 0 Å². The van der Waals surface area contributed by atoms with Crippen LogP contribution in [0.25, 0.3) is 5.69 Å². The summed E-state index contributed by atoms with van der Waals surface area (Å²) in [6, 6.07) is 14.6. The van der Waals surface area contributed by atoms with Gasteiger partial charge in [0, 0.05) is 31.3 Å². The molecule has 1 aliphatic heterocycles. The van der Waals surface area contributed by atoms with Crippen molar-refractivity contribution in [3.8, 4) is 11.4 Å². The quantitative estimate of drug-likeness (QED) is 0.589. The van der Waals surface area contributed by atoms with Crippen molar-refractivity contribution in [2.45, 2.75) is 26.7 Å². The van der Waals surface area contributed by atoms with Crippen LogP contribution in [-0.2, 0) is 0 Å². The summed E-state index contributed by atoms with van der Waals surface area (Å²) in [6.07, 6.45) is 2.09. The smallest absolute Gasteiger partial charge is 0.253 e. The van der Waals surface area contributed by atoms with Gasteiger partial charge in [-0.15, -0.1) is 5.10 Å². The fourth-order valence-electron chi connectivity index (χ4n) is 3.76. The number of piperidine rings is 1. The zero-order valence-corrected chi connectivity index (χ0v) is 18.5. The van der Waals surface area contributed by atoms with Crippen molar-refractivity contribution in [2.24, 2.45) is 5.92 Å². The number of aromatic nitrogens is 3. The molecule has 0 radical (unpaired) electrons. The molecule has 0 bridgehead atoms. The number of hydrogen-bond acceptors (Lipinski definition) is 6. The molecule has 8 nitrogen and oxygen atoms in total. The Morgan fingerprint density at radius 3 is 2.28 bits per heavy atom. The molecular formula is C24H27N5O3. The molecule has 1 N–H and O–H groups in total. The molecule has 166 valence electrons. The number of amides is 1. The van der Waals surface area contributed by atoms with Crippen LogP contribution in [0.3, 0.4) is 0 Å². The lowest BCUT2D eigenvalue weighted by atomic mass is 9.98. The maximum Gasteiger partial charge on any atom is 0.253 e. The van der Waals surface area contributed by atoms with Crippen LogP contribution in [0.4, 0.5) is 11.5 Å². The maximum atomic E-state index is 12.8. The molecule has 1 aromatic heterocycles. The number of carbonyl (C=O) groups excluding carboxylic acids is 2. The van der Waals surface area contributed by atoms with Gasteiger partial charge in [-0.05, 0) is 67.3 Å². The third-order valence-electron chi connectivity index (χ3n) is 5.79. The SMILES string of the molecule is COc1ccc(-n2nnc(C(C)=O)c2Nc2ccc(C(=O)N3CCC(C)CC3)cc2)cc1. The second-order valence-corrected chi connectivity index (χ2v) is 8.13. The van der Waals surface area contributed by atoms with Crippen LogP contribution < -0.4 is 10.1 Å². The average molecular weight is 434 g/mol. The normalized spacial score (nSPS) is 14.3. The molecule has 1 amide bonds. The van der Waals surface area contributed by atoms with Gasteiger partial charge in [-0.1, -0.05) is 12.1 Å². The number of carbonyl (C=O) groups is 2. The zero-order chi connectivity index (χ0) is 22.7. The van der Waals surface area contributed by atoms with Gasteiger partial charge in [-0.3, -0.25) is 9.59 Å². The number of likely N-dealkylation sites (tertiary alicyclic amines) is 1. The highest BCUT2D eigenvalue weighted by Gasteiger charge is 2.22. The molecule has 1 aliphatic rings. The summed E-state index contributed by atoms with van der Waals surface area (Å²) >= 11 is 0. The van der Waals surface area contributed by atoms with E-state index in [-0.39, 0.29) is 17.4 Å². The fraction of sp³-hybridized carbons (Fsp3) is 0.333. The van der Waals surface area contributed by atoms with Gasteiger partial charge in [0.1, 0.15) is 5.75 Å². The molecular weight excluding hydrogens is 406 g/mol. The lowest BCUT2D eigenvalue weighted by Gasteiger charge is -2.30. The molecule has 0 unspecified atom stereocenters. The lowest BCUT2D eigenvalue weighted by molar-refractivity contribution is 0.0697. The van der Waals surface area contributed by atoms with Crippen molar-refractivity contribution in [3.05, 3.63) is 59.8 Å². The molecule has 1 saturated heterocycles. The first-order valence-electron chi connectivity index (χ1n) is 10.7. The Morgan fingerprint density at radius 1 is 1.03 bits per heavy atom. The number of nitrogens with one attached hydrogen (secondary N) is 1. The number of nitrogens with zero attached hydrogens (tertiary/aromatic N) is 4. The van der Waals surface area contributed by atoms with E-state index in [0.29, 0.717) is 17.3 Å². The van der Waals surface area contributed by atoms with E-state index in [0.717, 1.165) is 43.1 Å². The van der Waals surface area contributed by atoms with E-state index in [2.05, 4.69) is 22.6 Å². The Balaban J connectivity index is 1.56. The Labute approximate surface area is 187 Å². The molecule has 3 aromatic rings. The van der Waals surface area contributed by atoms with Crippen LogP contribution >= 0.6 is 0 Å². The lowest BCUT2D eigenvalue weighted by Crippen LogP contribution is -2.37. The summed E-state index contributed by atoms with van der Waals surface area (Å²) in [6.45, 7) is 5.28. The Hall–Kier alpha value is -3.68. The van der Waals surface area contributed by atoms with Gasteiger partial charge in [0.15, 0.2) is 17.3 Å². The molecule has 4 rings (SSSR count). The molecule has 1 fully saturated rings. The van der Waals surface area contributed by atoms with Gasteiger partial charge in [-0.25, -0.2) is 0 Å². The number of ether oxygens (including phenoxy) is 1. The summed E-state index contributed by atoms with van der Waals surface area (Å²) in [5.41, 5.74) is 2.36. The minimum absolute atomic E-state index is 0.0535. The summed E-state index contributed by atoms with van der Waals surface area (Å²) < 4.78 is 6.78. The first-order chi connectivity index (χ1) is 15.5. The van der Waals surface area contributed by atoms with E-state index in [1.54, 1.807) is 23.9 Å². The summed E-state index contributed by atoms with van der Waals surface area (Å²) in [4.78, 5) is 26.8. The predicted molar refractivity (Wildman–Crippen MR) is 122 cm³/mol. The molecule has 0 saturated carbocycles. The fourth-order valence-corrected chi connectivity index (χ4v) is 3.76. The van der Waals surface area contributed by atoms with Crippen molar-refractivity contribution < 1.29 is 14.3 Å². The van der Waals surface area contributed by atoms with E-state index in [9.17, 15) is 9.59 Å². The van der Waals surface area contributed by atoms with Gasteiger partial charge in [0.05, 0.1) is 12.8 Å². The van der Waals surface area contributed by atoms with E-state index in [1.165, 1.54) is 6.92 Å². The van der Waals surface area contributed by atoms with Crippen molar-refractivity contribution in [2.75, 3.05) is 25.5 Å². The number of methoxy groups -OCH3 is 1. The number of Topliss-reactive ketones (excluding diaryl/α,β-unsaturated/α-hetero) is 1. The van der Waals surface area contributed by atoms with Crippen molar-refractivity contribution in [1.29, 1.82) is 0 Å². The number of benzene rings is 2. The number of ketones is 1. The highest BCUT2D eigenvalue weighted by atomic mass is 16.5. The third-order valence-corrected chi connectivity index (χ3v) is 5.79. The van der Waals surface area contributed by atoms with Crippen LogP contribution in [-0.4, -0.2) is 51.8 Å². The maximum absolute atomic E-state index is 12.8. The summed E-state index contributed by atoms with van der Waals surface area (Å²) in [7, 11) is 1.60. The number of rotatable bonds is 6. The Bertz CT molecular complexity index is 1100. The largest absolute Gasteiger partial charge is 0.497 e. The highest BCUT2D eigenvalue weighted by molar-refractivity contribution is 5.98. The molecule has 0 aliphatic carbocycles. The number of anilines is 2. The van der Waals surface area contributed by atoms with E-state index in [4.69, 9.17) is 4.74 Å². The zero-order valence-electron chi connectivity index (χ0n) is 18.5. The average Bonchev–Trinajstić information content (AvgIpc) is 3.23. The van der Waals surface area contributed by atoms with Gasteiger partial charge in [0.2, 0.25) is 0 Å². The van der Waals surface area contributed by atoms with Crippen LogP contribution in [0.15, 0.2) is 48.5 Å². The summed E-state index contributed by atoms with van der Waals surface area (Å²) in [5.74, 6) is 1.71. The third kappa shape index (κ3) is 4.49. The Kier molecular flexibility index (Phi) is 6.20. The van der Waals surface area contributed by atoms with Crippen LogP contribution in [0.2, 0.25) is 0 Å². The van der Waals surface area contributed by atoms with E-state index in [1.807, 2.05) is 41.3 Å². The first kappa shape index (κ1) is 21.5. The minimum Gasteiger partial charge on any atom is -0.497 e. The molecule has 32 heavy (non-hydrogen) atoms. The number of hydrogen-bond donors (Lipinski definition) is 1. The molecule has 8 heteroatoms. The molecule has 2 aromatic carbocycles. The second-order valence-electron chi connectivity index (χ2n) is 8.13. The van der Waals surface area contributed by atoms with Gasteiger partial charge in [0.25, 0.3) is 5.91 Å². The standard InChI is InChI=1S/C24H27N5O3/c1-16-12-14-28(15-13-16)24(31)18-4-6-19(7-5-18)25-23-22(17(2)30)26-27-29(23)20-8-10-21(32-3)11-9-20/h4-11,16,25H,12-15H2,1-3H3. The minimum atomic E-state index is -0.196. The van der Waals surface area contributed by atoms with Crippen LogP contribution in [0.5, 0.6) is 5.75 Å². The van der Waals surface area contributed by atoms with Crippen molar-refractivity contribution >= 4 is 23.2 Å². The van der Waals surface area contributed by atoms with Crippen LogP contribution in [0.1, 0.15) is 47.5 Å². The molecule has 2 heterocycles. The summed E-state index contributed by atoms with van der Waals surface area (Å²) in [5, 5.41) is 11.4. The Morgan fingerprint density at radius 2 is 1.69 bits per heavy atom. The van der Waals surface area contributed by atoms with Gasteiger partial charge in [-0.2, -0.15) is 4.68 Å². The molecule has 0 atom stereocenters. The predicted octanol–water partition coefficient (Wildman–Crippen LogP) is 4.09. The van der Waals surface area contributed by atoms with Crippen molar-refractivity contribution in [3.63, 3.8) is 0 Å². The topological polar surface area (TPSA) is 89.3 Å². The van der Waals surface area contributed by atoms with Crippen molar-refractivity contribution in [1.82, 2.24) is 19.9 Å². The van der Waals surface area contributed by atoms with E-state index < -0.39 is 0 Å². The monoisotopic (exact) mass is 433 g/mol. The van der Waals surface area contributed by atoms with E-state index >= 15 is 0 Å². The first-order valence-corrected chi connectivity index (χ1v) is 10.7. The second kappa shape index (κ2) is 9.21.